The molecular weight excluding hydrogens is 322 g/mol. The summed E-state index contributed by atoms with van der Waals surface area (Å²) >= 11 is 0. The van der Waals surface area contributed by atoms with E-state index in [9.17, 15) is 19.5 Å². The molecule has 1 fully saturated rings. The number of carboxylic acids is 3. The van der Waals surface area contributed by atoms with Crippen molar-refractivity contribution in [3.05, 3.63) is 23.8 Å². The maximum Gasteiger partial charge on any atom is 0.335 e. The molecule has 1 heterocycles. The highest BCUT2D eigenvalue weighted by atomic mass is 16.5. The number of methoxy groups -OCH3 is 1. The Morgan fingerprint density at radius 2 is 1.92 bits per heavy atom. The fourth-order valence-corrected chi connectivity index (χ4v) is 2.67. The third-order valence-electron chi connectivity index (χ3n) is 3.81. The van der Waals surface area contributed by atoms with Crippen LogP contribution in [0.4, 0.5) is 0 Å². The van der Waals surface area contributed by atoms with Gasteiger partial charge in [0.25, 0.3) is 0 Å². The van der Waals surface area contributed by atoms with Gasteiger partial charge >= 0.3 is 17.9 Å². The van der Waals surface area contributed by atoms with E-state index < -0.39 is 36.0 Å². The number of nitrogens with one attached hydrogen (secondary N) is 1. The van der Waals surface area contributed by atoms with Crippen LogP contribution in [0.5, 0.6) is 11.5 Å². The molecule has 1 unspecified atom stereocenters. The monoisotopic (exact) mass is 339 g/mol. The minimum absolute atomic E-state index is 0.00856. The summed E-state index contributed by atoms with van der Waals surface area (Å²) in [4.78, 5) is 33.2. The van der Waals surface area contributed by atoms with E-state index in [1.807, 2.05) is 0 Å². The van der Waals surface area contributed by atoms with Gasteiger partial charge in [0.2, 0.25) is 0 Å². The zero-order valence-corrected chi connectivity index (χ0v) is 12.8. The lowest BCUT2D eigenvalue weighted by Gasteiger charge is -2.22. The first kappa shape index (κ1) is 17.5. The molecule has 0 spiro atoms. The van der Waals surface area contributed by atoms with Gasteiger partial charge in [0, 0.05) is 12.5 Å². The molecule has 9 nitrogen and oxygen atoms in total. The molecule has 130 valence electrons. The quantitative estimate of drug-likeness (QED) is 0.551. The molecule has 9 heteroatoms. The van der Waals surface area contributed by atoms with E-state index in [0.717, 1.165) is 0 Å². The first-order valence-corrected chi connectivity index (χ1v) is 7.09. The molecule has 4 N–H and O–H groups in total. The number of ether oxygens (including phenoxy) is 2. The second kappa shape index (κ2) is 7.18. The van der Waals surface area contributed by atoms with Gasteiger partial charge in [0.15, 0.2) is 11.5 Å². The summed E-state index contributed by atoms with van der Waals surface area (Å²) in [5.74, 6) is -3.79. The van der Waals surface area contributed by atoms with Gasteiger partial charge in [-0.25, -0.2) is 4.79 Å². The first-order valence-electron chi connectivity index (χ1n) is 7.09. The van der Waals surface area contributed by atoms with Gasteiger partial charge in [-0.3, -0.25) is 9.59 Å². The smallest absolute Gasteiger partial charge is 0.335 e. The van der Waals surface area contributed by atoms with Crippen molar-refractivity contribution in [3.63, 3.8) is 0 Å². The van der Waals surface area contributed by atoms with Crippen LogP contribution in [0.2, 0.25) is 0 Å². The molecule has 1 saturated heterocycles. The van der Waals surface area contributed by atoms with Crippen LogP contribution in [0.25, 0.3) is 0 Å². The summed E-state index contributed by atoms with van der Waals surface area (Å²) in [7, 11) is 1.34. The number of carbonyl (C=O) groups is 3. The fourth-order valence-electron chi connectivity index (χ4n) is 2.67. The van der Waals surface area contributed by atoms with Crippen LogP contribution < -0.4 is 14.8 Å². The summed E-state index contributed by atoms with van der Waals surface area (Å²) in [6, 6.07) is 2.97. The lowest BCUT2D eigenvalue weighted by atomic mass is 9.94. The lowest BCUT2D eigenvalue weighted by Crippen LogP contribution is -2.38. The highest BCUT2D eigenvalue weighted by molar-refractivity contribution is 5.88. The number of aromatic carboxylic acids is 1. The van der Waals surface area contributed by atoms with Crippen LogP contribution in [0.1, 0.15) is 16.8 Å². The van der Waals surface area contributed by atoms with Crippen molar-refractivity contribution in [1.29, 1.82) is 0 Å². The number of aliphatic carboxylic acids is 2. The highest BCUT2D eigenvalue weighted by Crippen LogP contribution is 2.32. The lowest BCUT2D eigenvalue weighted by molar-refractivity contribution is -0.142. The first-order chi connectivity index (χ1) is 11.3. The maximum absolute atomic E-state index is 11.2. The van der Waals surface area contributed by atoms with E-state index in [1.54, 1.807) is 0 Å². The van der Waals surface area contributed by atoms with Crippen molar-refractivity contribution in [2.75, 3.05) is 13.7 Å². The van der Waals surface area contributed by atoms with Crippen LogP contribution in [0.15, 0.2) is 18.2 Å². The third kappa shape index (κ3) is 3.74. The normalized spacial score (nSPS) is 22.8. The van der Waals surface area contributed by atoms with Crippen molar-refractivity contribution < 1.29 is 39.2 Å². The number of benzene rings is 1. The Morgan fingerprint density at radius 3 is 2.46 bits per heavy atom. The molecule has 0 amide bonds. The molecular formula is C15H17NO8. The van der Waals surface area contributed by atoms with Crippen molar-refractivity contribution in [2.24, 2.45) is 5.92 Å². The van der Waals surface area contributed by atoms with E-state index >= 15 is 0 Å². The molecule has 1 aliphatic rings. The number of hydrogen-bond donors (Lipinski definition) is 4. The molecule has 1 aliphatic heterocycles. The predicted molar refractivity (Wildman–Crippen MR) is 79.5 cm³/mol. The Balaban J connectivity index is 2.24. The average Bonchev–Trinajstić information content (AvgIpc) is 2.89. The Bertz CT molecular complexity index is 659. The summed E-state index contributed by atoms with van der Waals surface area (Å²) in [6.07, 6.45) is -1.07. The minimum Gasteiger partial charge on any atom is -0.493 e. The molecule has 1 aromatic carbocycles. The van der Waals surface area contributed by atoms with E-state index in [1.165, 1.54) is 25.3 Å². The predicted octanol–water partition coefficient (Wildman–Crippen LogP) is 0.288. The van der Waals surface area contributed by atoms with Gasteiger partial charge in [-0.15, -0.1) is 0 Å². The van der Waals surface area contributed by atoms with Gasteiger partial charge in [-0.2, -0.15) is 0 Å². The van der Waals surface area contributed by atoms with Gasteiger partial charge < -0.3 is 30.1 Å². The van der Waals surface area contributed by atoms with Crippen molar-refractivity contribution in [3.8, 4) is 11.5 Å². The molecule has 0 aromatic heterocycles. The third-order valence-corrected chi connectivity index (χ3v) is 3.81. The molecule has 0 bridgehead atoms. The van der Waals surface area contributed by atoms with Gasteiger partial charge in [0.1, 0.15) is 12.1 Å². The van der Waals surface area contributed by atoms with E-state index in [2.05, 4.69) is 5.32 Å². The molecule has 24 heavy (non-hydrogen) atoms. The van der Waals surface area contributed by atoms with Crippen LogP contribution in [0.3, 0.4) is 0 Å². The molecule has 2 rings (SSSR count). The molecule has 3 atom stereocenters. The maximum atomic E-state index is 11.2. The van der Waals surface area contributed by atoms with E-state index in [-0.39, 0.29) is 30.0 Å². The Morgan fingerprint density at radius 1 is 1.21 bits per heavy atom. The number of rotatable bonds is 7. The molecule has 1 aromatic rings. The van der Waals surface area contributed by atoms with Crippen LogP contribution in [-0.4, -0.2) is 59.0 Å². The molecule has 0 radical (unpaired) electrons. The summed E-state index contributed by atoms with van der Waals surface area (Å²) in [5, 5.41) is 29.9. The topological polar surface area (TPSA) is 142 Å². The summed E-state index contributed by atoms with van der Waals surface area (Å²) < 4.78 is 10.8. The fraction of sp³-hybridized carbons (Fsp3) is 0.400. The van der Waals surface area contributed by atoms with E-state index in [0.29, 0.717) is 0 Å². The van der Waals surface area contributed by atoms with Crippen LogP contribution >= 0.6 is 0 Å². The van der Waals surface area contributed by atoms with Crippen molar-refractivity contribution in [1.82, 2.24) is 5.32 Å². The van der Waals surface area contributed by atoms with Crippen LogP contribution in [0, 0.1) is 5.92 Å². The Labute approximate surface area is 136 Å². The van der Waals surface area contributed by atoms with Crippen LogP contribution in [-0.2, 0) is 9.59 Å². The SMILES string of the molecule is COc1cc(C(=O)O)ccc1OC1CN[C@H](C(=O)O)[C@H]1CC(=O)O. The zero-order chi connectivity index (χ0) is 17.9. The summed E-state index contributed by atoms with van der Waals surface area (Å²) in [5.41, 5.74) is 0.00856. The standard InChI is InChI=1S/C15H17NO8/c1-23-10-4-7(14(19)20)2-3-9(10)24-11-6-16-13(15(21)22)8(11)5-12(17)18/h2-4,8,11,13,16H,5-6H2,1H3,(H,17,18)(H,19,20)(H,21,22)/t8-,11?,13-/m0/s1. The van der Waals surface area contributed by atoms with Crippen molar-refractivity contribution in [2.45, 2.75) is 18.6 Å². The van der Waals surface area contributed by atoms with E-state index in [4.69, 9.17) is 19.7 Å². The summed E-state index contributed by atoms with van der Waals surface area (Å²) in [6.45, 7) is 0.152. The average molecular weight is 339 g/mol. The minimum atomic E-state index is -1.15. The number of carboxylic acid groups (broad SMARTS) is 3. The highest BCUT2D eigenvalue weighted by Gasteiger charge is 2.43. The van der Waals surface area contributed by atoms with Gasteiger partial charge in [0.05, 0.1) is 19.1 Å². The van der Waals surface area contributed by atoms with Crippen molar-refractivity contribution >= 4 is 17.9 Å². The second-order valence-electron chi connectivity index (χ2n) is 5.31. The molecule has 0 aliphatic carbocycles. The second-order valence-corrected chi connectivity index (χ2v) is 5.31. The zero-order valence-electron chi connectivity index (χ0n) is 12.8. The van der Waals surface area contributed by atoms with Gasteiger partial charge in [-0.1, -0.05) is 0 Å². The number of hydrogen-bond acceptors (Lipinski definition) is 6. The molecule has 0 saturated carbocycles. The van der Waals surface area contributed by atoms with Gasteiger partial charge in [-0.05, 0) is 18.2 Å². The largest absolute Gasteiger partial charge is 0.493 e. The Kier molecular flexibility index (Phi) is 5.24. The Hall–Kier alpha value is -2.81.